The first-order chi connectivity index (χ1) is 10.7. The van der Waals surface area contributed by atoms with Gasteiger partial charge in [-0.05, 0) is 36.5 Å². The maximum absolute atomic E-state index is 11.2. The SMILES string of the molecule is CC(=O)Oc1cccc([C@H](C2CCCC2)N2CCNCC2)c1.Cl.Cl. The number of benzene rings is 1. The van der Waals surface area contributed by atoms with Crippen LogP contribution in [0.15, 0.2) is 24.3 Å². The number of piperazine rings is 1. The fraction of sp³-hybridized carbons (Fsp3) is 0.611. The first kappa shape index (κ1) is 21.2. The van der Waals surface area contributed by atoms with E-state index in [1.165, 1.54) is 38.2 Å². The molecule has 3 rings (SSSR count). The van der Waals surface area contributed by atoms with Gasteiger partial charge in [0.25, 0.3) is 0 Å². The second-order valence-electron chi connectivity index (χ2n) is 6.44. The number of carbonyl (C=O) groups is 1. The van der Waals surface area contributed by atoms with Crippen molar-refractivity contribution < 1.29 is 9.53 Å². The number of nitrogens with one attached hydrogen (secondary N) is 1. The topological polar surface area (TPSA) is 41.6 Å². The van der Waals surface area contributed by atoms with Gasteiger partial charge in [-0.15, -0.1) is 24.8 Å². The number of ether oxygens (including phenoxy) is 1. The molecule has 6 heteroatoms. The molecule has 1 aromatic carbocycles. The van der Waals surface area contributed by atoms with Gasteiger partial charge < -0.3 is 10.1 Å². The van der Waals surface area contributed by atoms with Crippen LogP contribution in [0.4, 0.5) is 0 Å². The average Bonchev–Trinajstić information content (AvgIpc) is 3.02. The Morgan fingerprint density at radius 3 is 2.50 bits per heavy atom. The van der Waals surface area contributed by atoms with Gasteiger partial charge >= 0.3 is 5.97 Å². The molecule has 0 unspecified atom stereocenters. The highest BCUT2D eigenvalue weighted by atomic mass is 35.5. The Morgan fingerprint density at radius 2 is 1.88 bits per heavy atom. The molecule has 24 heavy (non-hydrogen) atoms. The van der Waals surface area contributed by atoms with E-state index < -0.39 is 0 Å². The number of halogens is 2. The van der Waals surface area contributed by atoms with Gasteiger partial charge in [0.1, 0.15) is 5.75 Å². The first-order valence-corrected chi connectivity index (χ1v) is 8.47. The van der Waals surface area contributed by atoms with E-state index in [9.17, 15) is 4.79 Å². The Hall–Kier alpha value is -0.810. The van der Waals surface area contributed by atoms with E-state index in [1.54, 1.807) is 0 Å². The Labute approximate surface area is 157 Å². The molecular weight excluding hydrogens is 347 g/mol. The zero-order valence-electron chi connectivity index (χ0n) is 14.2. The summed E-state index contributed by atoms with van der Waals surface area (Å²) in [5, 5.41) is 3.44. The minimum absolute atomic E-state index is 0. The molecule has 1 saturated heterocycles. The van der Waals surface area contributed by atoms with Crippen molar-refractivity contribution in [2.75, 3.05) is 26.2 Å². The van der Waals surface area contributed by atoms with E-state index in [-0.39, 0.29) is 30.8 Å². The van der Waals surface area contributed by atoms with E-state index in [0.29, 0.717) is 11.8 Å². The van der Waals surface area contributed by atoms with E-state index in [4.69, 9.17) is 4.74 Å². The average molecular weight is 375 g/mol. The molecule has 1 atom stereocenters. The van der Waals surface area contributed by atoms with Crippen LogP contribution in [-0.4, -0.2) is 37.0 Å². The summed E-state index contributed by atoms with van der Waals surface area (Å²) in [5.41, 5.74) is 1.30. The molecule has 4 nitrogen and oxygen atoms in total. The van der Waals surface area contributed by atoms with Crippen molar-refractivity contribution >= 4 is 30.8 Å². The van der Waals surface area contributed by atoms with Crippen LogP contribution in [-0.2, 0) is 4.79 Å². The molecule has 2 fully saturated rings. The summed E-state index contributed by atoms with van der Waals surface area (Å²) in [5.74, 6) is 1.14. The highest BCUT2D eigenvalue weighted by Crippen LogP contribution is 2.40. The third-order valence-electron chi connectivity index (χ3n) is 4.85. The zero-order valence-corrected chi connectivity index (χ0v) is 15.8. The Balaban J connectivity index is 0.00000144. The lowest BCUT2D eigenvalue weighted by Crippen LogP contribution is -2.46. The van der Waals surface area contributed by atoms with Crippen LogP contribution in [0, 0.1) is 5.92 Å². The molecule has 136 valence electrons. The van der Waals surface area contributed by atoms with Crippen molar-refractivity contribution in [3.63, 3.8) is 0 Å². The van der Waals surface area contributed by atoms with Crippen LogP contribution in [0.3, 0.4) is 0 Å². The first-order valence-electron chi connectivity index (χ1n) is 8.47. The predicted molar refractivity (Wildman–Crippen MR) is 101 cm³/mol. The van der Waals surface area contributed by atoms with Crippen LogP contribution in [0.1, 0.15) is 44.2 Å². The zero-order chi connectivity index (χ0) is 15.4. The molecule has 1 aliphatic heterocycles. The quantitative estimate of drug-likeness (QED) is 0.645. The lowest BCUT2D eigenvalue weighted by Gasteiger charge is -2.38. The summed E-state index contributed by atoms with van der Waals surface area (Å²) in [6, 6.07) is 8.59. The summed E-state index contributed by atoms with van der Waals surface area (Å²) in [4.78, 5) is 13.8. The van der Waals surface area contributed by atoms with Gasteiger partial charge in [0.15, 0.2) is 0 Å². The van der Waals surface area contributed by atoms with Crippen molar-refractivity contribution in [3.05, 3.63) is 29.8 Å². The highest BCUT2D eigenvalue weighted by molar-refractivity contribution is 5.85. The normalized spacial score (nSPS) is 19.9. The number of esters is 1. The number of hydrogen-bond acceptors (Lipinski definition) is 4. The summed E-state index contributed by atoms with van der Waals surface area (Å²) in [7, 11) is 0. The highest BCUT2D eigenvalue weighted by Gasteiger charge is 2.32. The van der Waals surface area contributed by atoms with Crippen LogP contribution in [0.25, 0.3) is 0 Å². The molecule has 0 bridgehead atoms. The van der Waals surface area contributed by atoms with E-state index in [2.05, 4.69) is 22.3 Å². The van der Waals surface area contributed by atoms with Crippen LogP contribution in [0.2, 0.25) is 0 Å². The van der Waals surface area contributed by atoms with Crippen molar-refractivity contribution in [2.24, 2.45) is 5.92 Å². The molecule has 1 N–H and O–H groups in total. The lowest BCUT2D eigenvalue weighted by atomic mass is 9.89. The van der Waals surface area contributed by atoms with Crippen molar-refractivity contribution in [1.82, 2.24) is 10.2 Å². The summed E-state index contributed by atoms with van der Waals surface area (Å²) in [6.07, 6.45) is 5.31. The molecule has 1 saturated carbocycles. The summed E-state index contributed by atoms with van der Waals surface area (Å²) in [6.45, 7) is 5.77. The maximum Gasteiger partial charge on any atom is 0.308 e. The largest absolute Gasteiger partial charge is 0.427 e. The van der Waals surface area contributed by atoms with Gasteiger partial charge in [0, 0.05) is 39.1 Å². The van der Waals surface area contributed by atoms with Gasteiger partial charge in [-0.2, -0.15) is 0 Å². The van der Waals surface area contributed by atoms with Crippen LogP contribution >= 0.6 is 24.8 Å². The Bertz CT molecular complexity index is 515. The van der Waals surface area contributed by atoms with E-state index in [0.717, 1.165) is 32.1 Å². The molecule has 2 aliphatic rings. The fourth-order valence-corrected chi connectivity index (χ4v) is 3.94. The van der Waals surface area contributed by atoms with Gasteiger partial charge in [0.2, 0.25) is 0 Å². The molecule has 1 aromatic rings. The van der Waals surface area contributed by atoms with Crippen molar-refractivity contribution in [1.29, 1.82) is 0 Å². The summed E-state index contributed by atoms with van der Waals surface area (Å²) < 4.78 is 5.29. The smallest absolute Gasteiger partial charge is 0.308 e. The molecule has 0 amide bonds. The van der Waals surface area contributed by atoms with Crippen molar-refractivity contribution in [2.45, 2.75) is 38.6 Å². The second kappa shape index (κ2) is 10.2. The monoisotopic (exact) mass is 374 g/mol. The standard InChI is InChI=1S/C18H26N2O2.2ClH/c1-14(21)22-17-8-4-7-16(13-17)18(15-5-2-3-6-15)20-11-9-19-10-12-20;;/h4,7-8,13,15,18-19H,2-3,5-6,9-12H2,1H3;2*1H/t18-;;/m0../s1. The second-order valence-corrected chi connectivity index (χ2v) is 6.44. The van der Waals surface area contributed by atoms with E-state index in [1.807, 2.05) is 12.1 Å². The molecule has 0 spiro atoms. The number of nitrogens with zero attached hydrogens (tertiary/aromatic N) is 1. The molecule has 0 radical (unpaired) electrons. The molecule has 1 heterocycles. The van der Waals surface area contributed by atoms with Crippen LogP contribution in [0.5, 0.6) is 5.75 Å². The fourth-order valence-electron chi connectivity index (χ4n) is 3.94. The number of hydrogen-bond donors (Lipinski definition) is 1. The third-order valence-corrected chi connectivity index (χ3v) is 4.85. The maximum atomic E-state index is 11.2. The van der Waals surface area contributed by atoms with Crippen LogP contribution < -0.4 is 10.1 Å². The van der Waals surface area contributed by atoms with Gasteiger partial charge in [-0.3, -0.25) is 9.69 Å². The minimum Gasteiger partial charge on any atom is -0.427 e. The van der Waals surface area contributed by atoms with Gasteiger partial charge in [0.05, 0.1) is 0 Å². The lowest BCUT2D eigenvalue weighted by molar-refractivity contribution is -0.131. The molecule has 1 aliphatic carbocycles. The van der Waals surface area contributed by atoms with E-state index >= 15 is 0 Å². The van der Waals surface area contributed by atoms with Gasteiger partial charge in [-0.25, -0.2) is 0 Å². The minimum atomic E-state index is -0.253. The predicted octanol–water partition coefficient (Wildman–Crippen LogP) is 3.59. The van der Waals surface area contributed by atoms with Crippen molar-refractivity contribution in [3.8, 4) is 5.75 Å². The summed E-state index contributed by atoms with van der Waals surface area (Å²) >= 11 is 0. The third kappa shape index (κ3) is 5.35. The Kier molecular flexibility index (Phi) is 9.06. The number of carbonyl (C=O) groups excluding carboxylic acids is 1. The Morgan fingerprint density at radius 1 is 1.21 bits per heavy atom. The number of rotatable bonds is 4. The molecule has 0 aromatic heterocycles. The molecular formula is C18H28Cl2N2O2. The van der Waals surface area contributed by atoms with Gasteiger partial charge in [-0.1, -0.05) is 25.0 Å².